The number of benzene rings is 1. The van der Waals surface area contributed by atoms with E-state index in [9.17, 15) is 9.59 Å². The van der Waals surface area contributed by atoms with Crippen molar-refractivity contribution in [1.82, 2.24) is 15.5 Å². The van der Waals surface area contributed by atoms with Gasteiger partial charge in [0.25, 0.3) is 0 Å². The van der Waals surface area contributed by atoms with E-state index in [0.717, 1.165) is 18.5 Å². The van der Waals surface area contributed by atoms with Gasteiger partial charge in [0.15, 0.2) is 0 Å². The van der Waals surface area contributed by atoms with Crippen molar-refractivity contribution in [3.63, 3.8) is 0 Å². The maximum Gasteiger partial charge on any atom is 0.222 e. The molecule has 0 fully saturated rings. The Hall–Kier alpha value is -1.88. The van der Waals surface area contributed by atoms with Gasteiger partial charge in [-0.2, -0.15) is 0 Å². The average Bonchev–Trinajstić information content (AvgIpc) is 2.45. The van der Waals surface area contributed by atoms with Gasteiger partial charge in [-0.1, -0.05) is 44.2 Å². The summed E-state index contributed by atoms with van der Waals surface area (Å²) in [4.78, 5) is 26.1. The first-order valence-electron chi connectivity index (χ1n) is 8.54. The molecule has 0 saturated heterocycles. The number of nitrogens with one attached hydrogen (secondary N) is 2. The Bertz CT molecular complexity index is 505. The highest BCUT2D eigenvalue weighted by molar-refractivity contribution is 5.79. The van der Waals surface area contributed by atoms with Crippen LogP contribution in [0.4, 0.5) is 0 Å². The fraction of sp³-hybridized carbons (Fsp3) is 0.579. The Balaban J connectivity index is 2.73. The minimum atomic E-state index is -0.303. The van der Waals surface area contributed by atoms with Crippen LogP contribution >= 0.6 is 0 Å². The summed E-state index contributed by atoms with van der Waals surface area (Å²) in [5.74, 6) is 0.337. The number of carbonyl (C=O) groups excluding carboxylic acids is 2. The van der Waals surface area contributed by atoms with Gasteiger partial charge < -0.3 is 15.5 Å². The number of hydrogen-bond acceptors (Lipinski definition) is 3. The normalized spacial score (nSPS) is 13.6. The molecular formula is C19H31N3O2. The second-order valence-corrected chi connectivity index (χ2v) is 7.02. The highest BCUT2D eigenvalue weighted by atomic mass is 16.2. The number of hydrogen-bond donors (Lipinski definition) is 2. The third kappa shape index (κ3) is 8.11. The molecule has 24 heavy (non-hydrogen) atoms. The van der Waals surface area contributed by atoms with Crippen LogP contribution in [0.2, 0.25) is 0 Å². The van der Waals surface area contributed by atoms with Gasteiger partial charge in [-0.05, 0) is 32.0 Å². The standard InChI is InChI=1S/C19H31N3O2/c1-14(2)11-17(13-22(4)5)21-19(24)12-18(20-15(3)23)16-9-7-6-8-10-16/h6-10,14,17-18H,11-13H2,1-5H3,(H,20,23)(H,21,24). The molecule has 0 radical (unpaired) electrons. The molecule has 0 heterocycles. The quantitative estimate of drug-likeness (QED) is 0.729. The Morgan fingerprint density at radius 3 is 2.21 bits per heavy atom. The van der Waals surface area contributed by atoms with Crippen LogP contribution in [0.15, 0.2) is 30.3 Å². The van der Waals surface area contributed by atoms with Crippen LogP contribution in [0, 0.1) is 5.92 Å². The lowest BCUT2D eigenvalue weighted by atomic mass is 10.0. The molecule has 134 valence electrons. The monoisotopic (exact) mass is 333 g/mol. The van der Waals surface area contributed by atoms with Crippen LogP contribution in [0.5, 0.6) is 0 Å². The van der Waals surface area contributed by atoms with Gasteiger partial charge in [0.2, 0.25) is 11.8 Å². The van der Waals surface area contributed by atoms with Gasteiger partial charge in [-0.25, -0.2) is 0 Å². The summed E-state index contributed by atoms with van der Waals surface area (Å²) >= 11 is 0. The number of amides is 2. The predicted molar refractivity (Wildman–Crippen MR) is 97.6 cm³/mol. The topological polar surface area (TPSA) is 61.4 Å². The maximum atomic E-state index is 12.5. The fourth-order valence-electron chi connectivity index (χ4n) is 2.84. The van der Waals surface area contributed by atoms with Gasteiger partial charge in [-0.3, -0.25) is 9.59 Å². The van der Waals surface area contributed by atoms with Crippen molar-refractivity contribution >= 4 is 11.8 Å². The summed E-state index contributed by atoms with van der Waals surface area (Å²) in [6.07, 6.45) is 1.17. The molecule has 0 spiro atoms. The molecule has 0 bridgehead atoms. The molecule has 5 heteroatoms. The van der Waals surface area contributed by atoms with Gasteiger partial charge >= 0.3 is 0 Å². The highest BCUT2D eigenvalue weighted by Crippen LogP contribution is 2.17. The van der Waals surface area contributed by atoms with Crippen LogP contribution in [0.3, 0.4) is 0 Å². The molecule has 2 unspecified atom stereocenters. The van der Waals surface area contributed by atoms with E-state index in [-0.39, 0.29) is 30.3 Å². The summed E-state index contributed by atoms with van der Waals surface area (Å²) < 4.78 is 0. The second kappa shape index (κ2) is 10.1. The molecule has 0 aromatic heterocycles. The number of nitrogens with zero attached hydrogens (tertiary/aromatic N) is 1. The molecule has 0 saturated carbocycles. The lowest BCUT2D eigenvalue weighted by Gasteiger charge is -2.25. The molecule has 0 aliphatic rings. The summed E-state index contributed by atoms with van der Waals surface area (Å²) in [6.45, 7) is 6.58. The van der Waals surface area contributed by atoms with E-state index in [4.69, 9.17) is 0 Å². The zero-order valence-corrected chi connectivity index (χ0v) is 15.5. The summed E-state index contributed by atoms with van der Waals surface area (Å²) in [5.41, 5.74) is 0.941. The van der Waals surface area contributed by atoms with E-state index in [0.29, 0.717) is 5.92 Å². The third-order valence-corrected chi connectivity index (χ3v) is 3.68. The molecule has 1 aromatic rings. The molecule has 0 aliphatic heterocycles. The second-order valence-electron chi connectivity index (χ2n) is 7.02. The van der Waals surface area contributed by atoms with E-state index < -0.39 is 0 Å². The molecule has 1 rings (SSSR count). The van der Waals surface area contributed by atoms with Crippen LogP contribution < -0.4 is 10.6 Å². The number of carbonyl (C=O) groups is 2. The predicted octanol–water partition coefficient (Wildman–Crippen LogP) is 2.35. The molecule has 0 aliphatic carbocycles. The van der Waals surface area contributed by atoms with Crippen LogP contribution in [0.25, 0.3) is 0 Å². The zero-order valence-electron chi connectivity index (χ0n) is 15.5. The summed E-state index contributed by atoms with van der Waals surface area (Å²) in [5, 5.41) is 5.99. The van der Waals surface area contributed by atoms with E-state index >= 15 is 0 Å². The van der Waals surface area contributed by atoms with Gasteiger partial charge in [0.1, 0.15) is 0 Å². The van der Waals surface area contributed by atoms with Crippen molar-refractivity contribution in [1.29, 1.82) is 0 Å². The van der Waals surface area contributed by atoms with Crippen molar-refractivity contribution in [3.05, 3.63) is 35.9 Å². The summed E-state index contributed by atoms with van der Waals surface area (Å²) in [7, 11) is 4.01. The first kappa shape index (κ1) is 20.2. The van der Waals surface area contributed by atoms with E-state index in [1.807, 2.05) is 44.4 Å². The molecule has 1 aromatic carbocycles. The van der Waals surface area contributed by atoms with Gasteiger partial charge in [-0.15, -0.1) is 0 Å². The fourth-order valence-corrected chi connectivity index (χ4v) is 2.84. The molecule has 5 nitrogen and oxygen atoms in total. The van der Waals surface area contributed by atoms with Crippen molar-refractivity contribution in [3.8, 4) is 0 Å². The Labute approximate surface area is 145 Å². The van der Waals surface area contributed by atoms with Crippen molar-refractivity contribution in [2.75, 3.05) is 20.6 Å². The summed E-state index contributed by atoms with van der Waals surface area (Å²) in [6, 6.07) is 9.41. The zero-order chi connectivity index (χ0) is 18.1. The van der Waals surface area contributed by atoms with Gasteiger partial charge in [0.05, 0.1) is 12.5 Å². The lowest BCUT2D eigenvalue weighted by Crippen LogP contribution is -2.43. The highest BCUT2D eigenvalue weighted by Gasteiger charge is 2.20. The SMILES string of the molecule is CC(=O)NC(CC(=O)NC(CC(C)C)CN(C)C)c1ccccc1. The van der Waals surface area contributed by atoms with Crippen LogP contribution in [-0.2, 0) is 9.59 Å². The maximum absolute atomic E-state index is 12.5. The lowest BCUT2D eigenvalue weighted by molar-refractivity contribution is -0.123. The minimum absolute atomic E-state index is 0.0369. The Kier molecular flexibility index (Phi) is 8.47. The Morgan fingerprint density at radius 2 is 1.71 bits per heavy atom. The number of rotatable bonds is 9. The third-order valence-electron chi connectivity index (χ3n) is 3.68. The molecular weight excluding hydrogens is 302 g/mol. The molecule has 2 atom stereocenters. The number of likely N-dealkylation sites (N-methyl/N-ethyl adjacent to an activating group) is 1. The first-order valence-corrected chi connectivity index (χ1v) is 8.54. The van der Waals surface area contributed by atoms with E-state index in [2.05, 4.69) is 29.4 Å². The molecule has 2 amide bonds. The largest absolute Gasteiger partial charge is 0.352 e. The van der Waals surface area contributed by atoms with Crippen molar-refractivity contribution in [2.45, 2.75) is 45.7 Å². The van der Waals surface area contributed by atoms with Crippen LogP contribution in [0.1, 0.15) is 45.2 Å². The van der Waals surface area contributed by atoms with Crippen LogP contribution in [-0.4, -0.2) is 43.4 Å². The first-order chi connectivity index (χ1) is 11.3. The van der Waals surface area contributed by atoms with Gasteiger partial charge in [0, 0.05) is 19.5 Å². The van der Waals surface area contributed by atoms with Crippen molar-refractivity contribution in [2.24, 2.45) is 5.92 Å². The van der Waals surface area contributed by atoms with Crippen molar-refractivity contribution < 1.29 is 9.59 Å². The average molecular weight is 333 g/mol. The van der Waals surface area contributed by atoms with E-state index in [1.165, 1.54) is 6.92 Å². The minimum Gasteiger partial charge on any atom is -0.352 e. The Morgan fingerprint density at radius 1 is 1.08 bits per heavy atom. The van der Waals surface area contributed by atoms with E-state index in [1.54, 1.807) is 0 Å². The molecule has 2 N–H and O–H groups in total. The smallest absolute Gasteiger partial charge is 0.222 e.